The minimum Gasteiger partial charge on any atom is -0.394 e. The average Bonchev–Trinajstić information content (AvgIpc) is 2.79. The second kappa shape index (κ2) is 5.83. The van der Waals surface area contributed by atoms with E-state index in [1.807, 2.05) is 0 Å². The first-order valence-electron chi connectivity index (χ1n) is 6.10. The lowest BCUT2D eigenvalue weighted by Gasteiger charge is -2.23. The molecule has 1 unspecified atom stereocenters. The third-order valence-electron chi connectivity index (χ3n) is 2.93. The maximum absolute atomic E-state index is 9.49. The fraction of sp³-hybridized carbons (Fsp3) is 0.545. The van der Waals surface area contributed by atoms with Crippen LogP contribution in [-0.2, 0) is 4.74 Å². The molecular formula is C11H17N5O3S. The van der Waals surface area contributed by atoms with Crippen molar-refractivity contribution >= 4 is 29.3 Å². The Bertz CT molecular complexity index is 653. The monoisotopic (exact) mass is 299 g/mol. The predicted octanol–water partition coefficient (Wildman–Crippen LogP) is 0.348. The topological polar surface area (TPSA) is 122 Å². The van der Waals surface area contributed by atoms with Gasteiger partial charge >= 0.3 is 0 Å². The van der Waals surface area contributed by atoms with Gasteiger partial charge in [-0.3, -0.25) is 4.57 Å². The first-order valence-corrected chi connectivity index (χ1v) is 6.51. The maximum Gasteiger partial charge on any atom is 0.200 e. The molecule has 0 aromatic carbocycles. The molecule has 9 heteroatoms. The smallest absolute Gasteiger partial charge is 0.200 e. The number of aromatic nitrogens is 4. The summed E-state index contributed by atoms with van der Waals surface area (Å²) in [5.41, 5.74) is 6.64. The molecule has 0 aliphatic rings. The molecule has 0 aliphatic heterocycles. The summed E-state index contributed by atoms with van der Waals surface area (Å²) in [4.78, 5) is 11.0. The Morgan fingerprint density at radius 3 is 2.85 bits per heavy atom. The van der Waals surface area contributed by atoms with Crippen molar-refractivity contribution in [3.8, 4) is 0 Å². The first kappa shape index (κ1) is 14.9. The van der Waals surface area contributed by atoms with Crippen LogP contribution in [0.25, 0.3) is 11.2 Å². The van der Waals surface area contributed by atoms with Crippen molar-refractivity contribution in [3.05, 3.63) is 11.0 Å². The fourth-order valence-corrected chi connectivity index (χ4v) is 2.09. The SMILES string of the molecule is CC(O)[C@@H](CO)O[C@H](C)n1cnc2c(=S)[nH]c(N)nc21. The summed E-state index contributed by atoms with van der Waals surface area (Å²) in [5, 5.41) is 18.7. The number of aliphatic hydroxyl groups excluding tert-OH is 2. The lowest BCUT2D eigenvalue weighted by molar-refractivity contribution is -0.110. The van der Waals surface area contributed by atoms with Crippen molar-refractivity contribution in [2.45, 2.75) is 32.3 Å². The molecule has 0 aliphatic carbocycles. The van der Waals surface area contributed by atoms with Gasteiger partial charge < -0.3 is 25.7 Å². The van der Waals surface area contributed by atoms with Crippen LogP contribution >= 0.6 is 12.2 Å². The molecule has 3 atom stereocenters. The van der Waals surface area contributed by atoms with Gasteiger partial charge in [0.05, 0.1) is 19.0 Å². The van der Waals surface area contributed by atoms with E-state index in [1.165, 1.54) is 6.33 Å². The minimum atomic E-state index is -0.793. The number of imidazole rings is 1. The van der Waals surface area contributed by atoms with Crippen LogP contribution in [-0.4, -0.2) is 48.5 Å². The number of aromatic amines is 1. The van der Waals surface area contributed by atoms with Crippen molar-refractivity contribution in [1.29, 1.82) is 0 Å². The van der Waals surface area contributed by atoms with E-state index in [2.05, 4.69) is 15.0 Å². The molecule has 20 heavy (non-hydrogen) atoms. The zero-order valence-corrected chi connectivity index (χ0v) is 12.0. The number of anilines is 1. The van der Waals surface area contributed by atoms with Crippen molar-refractivity contribution in [1.82, 2.24) is 19.5 Å². The molecule has 2 rings (SSSR count). The highest BCUT2D eigenvalue weighted by Gasteiger charge is 2.20. The average molecular weight is 299 g/mol. The molecule has 5 N–H and O–H groups in total. The van der Waals surface area contributed by atoms with Crippen LogP contribution in [0.15, 0.2) is 6.33 Å². The Morgan fingerprint density at radius 2 is 2.25 bits per heavy atom. The summed E-state index contributed by atoms with van der Waals surface area (Å²) in [5.74, 6) is 0.186. The van der Waals surface area contributed by atoms with Gasteiger partial charge in [-0.2, -0.15) is 4.98 Å². The van der Waals surface area contributed by atoms with Gasteiger partial charge in [-0.25, -0.2) is 4.98 Å². The van der Waals surface area contributed by atoms with Gasteiger partial charge in [-0.1, -0.05) is 12.2 Å². The van der Waals surface area contributed by atoms with Crippen LogP contribution in [0.5, 0.6) is 0 Å². The van der Waals surface area contributed by atoms with Crippen LogP contribution < -0.4 is 5.73 Å². The third kappa shape index (κ3) is 2.80. The Hall–Kier alpha value is -1.55. The number of ether oxygens (including phenoxy) is 1. The van der Waals surface area contributed by atoms with Crippen LogP contribution in [0.1, 0.15) is 20.1 Å². The molecule has 8 nitrogen and oxygen atoms in total. The van der Waals surface area contributed by atoms with E-state index >= 15 is 0 Å². The summed E-state index contributed by atoms with van der Waals surface area (Å²) in [7, 11) is 0. The quantitative estimate of drug-likeness (QED) is 0.587. The number of rotatable bonds is 5. The van der Waals surface area contributed by atoms with E-state index in [-0.39, 0.29) is 12.6 Å². The number of fused-ring (bicyclic) bond motifs is 1. The molecule has 0 spiro atoms. The van der Waals surface area contributed by atoms with Gasteiger partial charge in [0.15, 0.2) is 5.65 Å². The molecule has 0 amide bonds. The highest BCUT2D eigenvalue weighted by atomic mass is 32.1. The molecule has 2 aromatic rings. The molecule has 0 radical (unpaired) electrons. The van der Waals surface area contributed by atoms with Gasteiger partial charge in [0, 0.05) is 0 Å². The summed E-state index contributed by atoms with van der Waals surface area (Å²) in [6.45, 7) is 3.01. The van der Waals surface area contributed by atoms with E-state index < -0.39 is 18.4 Å². The second-order valence-corrected chi connectivity index (χ2v) is 4.88. The van der Waals surface area contributed by atoms with Crippen LogP contribution in [0.2, 0.25) is 0 Å². The third-order valence-corrected chi connectivity index (χ3v) is 3.23. The minimum absolute atomic E-state index is 0.186. The van der Waals surface area contributed by atoms with Gasteiger partial charge in [0.2, 0.25) is 5.95 Å². The van der Waals surface area contributed by atoms with Crippen LogP contribution in [0.4, 0.5) is 5.95 Å². The maximum atomic E-state index is 9.49. The highest BCUT2D eigenvalue weighted by Crippen LogP contribution is 2.19. The Morgan fingerprint density at radius 1 is 1.55 bits per heavy atom. The number of hydrogen-bond donors (Lipinski definition) is 4. The Labute approximate surface area is 120 Å². The number of hydrogen-bond acceptors (Lipinski definition) is 7. The molecule has 0 saturated carbocycles. The van der Waals surface area contributed by atoms with E-state index in [0.717, 1.165) is 0 Å². The summed E-state index contributed by atoms with van der Waals surface area (Å²) >= 11 is 5.12. The lowest BCUT2D eigenvalue weighted by atomic mass is 10.2. The van der Waals surface area contributed by atoms with Gasteiger partial charge in [0.1, 0.15) is 22.5 Å². The largest absolute Gasteiger partial charge is 0.394 e. The van der Waals surface area contributed by atoms with Crippen molar-refractivity contribution in [3.63, 3.8) is 0 Å². The number of nitrogen functional groups attached to an aromatic ring is 1. The number of nitrogens with zero attached hydrogens (tertiary/aromatic N) is 3. The number of nitrogens with two attached hydrogens (primary N) is 1. The highest BCUT2D eigenvalue weighted by molar-refractivity contribution is 7.71. The summed E-state index contributed by atoms with van der Waals surface area (Å²) in [6, 6.07) is 0. The number of aliphatic hydroxyl groups is 2. The molecule has 2 heterocycles. The van der Waals surface area contributed by atoms with Crippen molar-refractivity contribution < 1.29 is 14.9 Å². The molecule has 0 saturated heterocycles. The van der Waals surface area contributed by atoms with Crippen molar-refractivity contribution in [2.75, 3.05) is 12.3 Å². The molecule has 0 bridgehead atoms. The van der Waals surface area contributed by atoms with Gasteiger partial charge in [-0.05, 0) is 13.8 Å². The Kier molecular flexibility index (Phi) is 4.33. The second-order valence-electron chi connectivity index (χ2n) is 4.47. The van der Waals surface area contributed by atoms with E-state index in [0.29, 0.717) is 15.8 Å². The first-order chi connectivity index (χ1) is 9.43. The predicted molar refractivity (Wildman–Crippen MR) is 75.5 cm³/mol. The number of nitrogens with one attached hydrogen (secondary N) is 1. The summed E-state index contributed by atoms with van der Waals surface area (Å²) in [6.07, 6.45) is -0.450. The van der Waals surface area contributed by atoms with Gasteiger partial charge in [0.25, 0.3) is 0 Å². The standard InChI is InChI=1S/C11H17N5O3S/c1-5(18)7(3-17)19-6(2)16-4-13-8-9(16)14-11(12)15-10(8)20/h4-7,17-18H,3H2,1-2H3,(H3,12,14,15,20)/t5?,6-,7-/m1/s1. The zero-order valence-electron chi connectivity index (χ0n) is 11.1. The van der Waals surface area contributed by atoms with E-state index in [9.17, 15) is 10.2 Å². The van der Waals surface area contributed by atoms with E-state index in [4.69, 9.17) is 22.7 Å². The normalized spacial score (nSPS) is 16.2. The summed E-state index contributed by atoms with van der Waals surface area (Å²) < 4.78 is 7.63. The molecule has 110 valence electrons. The van der Waals surface area contributed by atoms with Gasteiger partial charge in [-0.15, -0.1) is 0 Å². The fourth-order valence-electron chi connectivity index (χ4n) is 1.84. The van der Waals surface area contributed by atoms with Crippen molar-refractivity contribution in [2.24, 2.45) is 0 Å². The molecular weight excluding hydrogens is 282 g/mol. The van der Waals surface area contributed by atoms with Crippen LogP contribution in [0.3, 0.4) is 0 Å². The van der Waals surface area contributed by atoms with E-state index in [1.54, 1.807) is 18.4 Å². The van der Waals surface area contributed by atoms with Crippen LogP contribution in [0, 0.1) is 4.64 Å². The molecule has 2 aromatic heterocycles. The number of H-pyrrole nitrogens is 1. The Balaban J connectivity index is 2.35. The molecule has 0 fully saturated rings. The lowest BCUT2D eigenvalue weighted by Crippen LogP contribution is -2.32. The zero-order chi connectivity index (χ0) is 14.9.